The lowest BCUT2D eigenvalue weighted by atomic mass is 10.2. The van der Waals surface area contributed by atoms with Crippen molar-refractivity contribution < 1.29 is 40.7 Å². The maximum Gasteiger partial charge on any atom is 0.462 e. The first-order chi connectivity index (χ1) is 8.84. The van der Waals surface area contributed by atoms with Crippen LogP contribution in [0.15, 0.2) is 18.3 Å². The Hall–Kier alpha value is -1.78. The van der Waals surface area contributed by atoms with Gasteiger partial charge in [-0.15, -0.1) is 5.06 Å². The summed E-state index contributed by atoms with van der Waals surface area (Å²) in [4.78, 5) is 11.3. The van der Waals surface area contributed by atoms with Crippen LogP contribution in [0.5, 0.6) is 0 Å². The third kappa shape index (κ3) is 2.32. The van der Waals surface area contributed by atoms with Crippen LogP contribution < -0.4 is 0 Å². The van der Waals surface area contributed by atoms with Crippen LogP contribution in [0.3, 0.4) is 0 Å². The zero-order valence-corrected chi connectivity index (χ0v) is 9.59. The Bertz CT molecular complexity index is 509. The van der Waals surface area contributed by atoms with Crippen molar-refractivity contribution in [1.82, 2.24) is 9.63 Å². The van der Waals surface area contributed by atoms with Gasteiger partial charge in [0, 0.05) is 13.2 Å². The van der Waals surface area contributed by atoms with E-state index in [-0.39, 0.29) is 0 Å². The largest absolute Gasteiger partial charge is 0.462 e. The molecule has 20 heavy (non-hydrogen) atoms. The Kier molecular flexibility index (Phi) is 3.78. The van der Waals surface area contributed by atoms with Gasteiger partial charge < -0.3 is 4.57 Å². The van der Waals surface area contributed by atoms with E-state index in [4.69, 9.17) is 0 Å². The molecule has 0 atom stereocenters. The number of nitrogens with zero attached hydrogens (tertiary/aromatic N) is 2. The molecule has 0 saturated heterocycles. The fraction of sp³-hybridized carbons (Fsp3) is 0.444. The second-order valence-electron chi connectivity index (χ2n) is 3.72. The van der Waals surface area contributed by atoms with Crippen LogP contribution in [0.4, 0.5) is 30.7 Å². The quantitative estimate of drug-likeness (QED) is 0.481. The third-order valence-electron chi connectivity index (χ3n) is 2.34. The van der Waals surface area contributed by atoms with Crippen molar-refractivity contribution in [3.8, 4) is 0 Å². The van der Waals surface area contributed by atoms with Crippen molar-refractivity contribution in [2.75, 3.05) is 0 Å². The fourth-order valence-electron chi connectivity index (χ4n) is 1.21. The molecule has 1 aromatic rings. The average molecular weight is 307 g/mol. The van der Waals surface area contributed by atoms with Gasteiger partial charge >= 0.3 is 24.1 Å². The SMILES string of the molecule is Cn1cccc1C(=O)N([O])C(F)(F)C(F)(F)C(F)(F)F. The average Bonchev–Trinajstić information content (AvgIpc) is 2.71. The molecule has 0 aliphatic rings. The number of carbonyl (C=O) groups excluding carboxylic acids is 1. The van der Waals surface area contributed by atoms with Gasteiger partial charge in [0.1, 0.15) is 5.69 Å². The number of rotatable bonds is 3. The van der Waals surface area contributed by atoms with Crippen molar-refractivity contribution in [2.24, 2.45) is 7.05 Å². The number of carbonyl (C=O) groups is 1. The summed E-state index contributed by atoms with van der Waals surface area (Å²) in [5.74, 6) is -8.89. The van der Waals surface area contributed by atoms with E-state index in [1.807, 2.05) is 0 Å². The summed E-state index contributed by atoms with van der Waals surface area (Å²) < 4.78 is 87.5. The van der Waals surface area contributed by atoms with Crippen molar-refractivity contribution in [2.45, 2.75) is 18.1 Å². The van der Waals surface area contributed by atoms with E-state index in [1.165, 1.54) is 0 Å². The summed E-state index contributed by atoms with van der Waals surface area (Å²) in [5.41, 5.74) is -0.766. The number of hydrogen-bond acceptors (Lipinski definition) is 1. The van der Waals surface area contributed by atoms with E-state index in [0.29, 0.717) is 0 Å². The summed E-state index contributed by atoms with van der Waals surface area (Å²) in [6.07, 6.45) is -5.57. The second-order valence-corrected chi connectivity index (χ2v) is 3.72. The van der Waals surface area contributed by atoms with Gasteiger partial charge in [-0.05, 0) is 12.1 Å². The van der Waals surface area contributed by atoms with E-state index in [1.54, 1.807) is 0 Å². The Morgan fingerprint density at radius 2 is 1.65 bits per heavy atom. The van der Waals surface area contributed by atoms with Crippen LogP contribution in [0.1, 0.15) is 10.5 Å². The molecule has 0 fully saturated rings. The maximum atomic E-state index is 13.0. The number of aryl methyl sites for hydroxylation is 1. The first-order valence-electron chi connectivity index (χ1n) is 4.79. The molecule has 113 valence electrons. The van der Waals surface area contributed by atoms with Gasteiger partial charge in [0.2, 0.25) is 0 Å². The smallest absolute Gasteiger partial charge is 0.347 e. The lowest BCUT2D eigenvalue weighted by Crippen LogP contribution is -2.61. The van der Waals surface area contributed by atoms with Crippen molar-refractivity contribution in [3.63, 3.8) is 0 Å². The Morgan fingerprint density at radius 3 is 2.00 bits per heavy atom. The Labute approximate surface area is 107 Å². The van der Waals surface area contributed by atoms with Gasteiger partial charge in [0.05, 0.1) is 0 Å². The van der Waals surface area contributed by atoms with Crippen LogP contribution in [0.2, 0.25) is 0 Å². The lowest BCUT2D eigenvalue weighted by Gasteiger charge is -2.31. The highest BCUT2D eigenvalue weighted by Crippen LogP contribution is 2.47. The van der Waals surface area contributed by atoms with E-state index < -0.39 is 34.8 Å². The summed E-state index contributed by atoms with van der Waals surface area (Å²) in [6.45, 7) is 0. The predicted molar refractivity (Wildman–Crippen MR) is 48.2 cm³/mol. The van der Waals surface area contributed by atoms with E-state index >= 15 is 0 Å². The van der Waals surface area contributed by atoms with Gasteiger partial charge in [-0.25, -0.2) is 0 Å². The van der Waals surface area contributed by atoms with Crippen molar-refractivity contribution >= 4 is 5.91 Å². The summed E-state index contributed by atoms with van der Waals surface area (Å²) in [6, 6.07) is -4.34. The molecule has 1 amide bonds. The second kappa shape index (κ2) is 4.65. The third-order valence-corrected chi connectivity index (χ3v) is 2.34. The number of amides is 1. The molecule has 1 rings (SSSR count). The molecule has 0 aliphatic heterocycles. The normalized spacial score (nSPS) is 13.4. The van der Waals surface area contributed by atoms with Crippen LogP contribution in [-0.4, -0.2) is 33.7 Å². The minimum atomic E-state index is -6.69. The van der Waals surface area contributed by atoms with Gasteiger partial charge in [0.25, 0.3) is 0 Å². The number of aromatic nitrogens is 1. The molecule has 0 aromatic carbocycles. The molecular formula is C9H6F7N2O2. The number of hydrogen-bond donors (Lipinski definition) is 0. The van der Waals surface area contributed by atoms with Crippen LogP contribution in [0.25, 0.3) is 0 Å². The highest BCUT2D eigenvalue weighted by Gasteiger charge is 2.77. The number of hydroxylamine groups is 2. The molecule has 1 aromatic heterocycles. The molecule has 0 unspecified atom stereocenters. The standard InChI is InChI=1S/C9H6F7N2O2/c1-17-4-2-3-5(17)6(19)18(20)9(15,16)7(10,11)8(12,13)14/h2-4H,1H3. The van der Waals surface area contributed by atoms with Crippen LogP contribution in [-0.2, 0) is 12.3 Å². The summed E-state index contributed by atoms with van der Waals surface area (Å²) in [5, 5.41) is 8.76. The molecule has 0 N–H and O–H groups in total. The lowest BCUT2D eigenvalue weighted by molar-refractivity contribution is -0.425. The van der Waals surface area contributed by atoms with E-state index in [9.17, 15) is 40.7 Å². The molecular weight excluding hydrogens is 301 g/mol. The molecule has 0 saturated carbocycles. The topological polar surface area (TPSA) is 45.1 Å². The minimum Gasteiger partial charge on any atom is -0.347 e. The first kappa shape index (κ1) is 16.3. The summed E-state index contributed by atoms with van der Waals surface area (Å²) >= 11 is 0. The molecule has 4 nitrogen and oxygen atoms in total. The number of halogens is 7. The molecule has 11 heteroatoms. The fourth-order valence-corrected chi connectivity index (χ4v) is 1.21. The molecule has 1 radical (unpaired) electrons. The number of alkyl halides is 7. The van der Waals surface area contributed by atoms with E-state index in [0.717, 1.165) is 29.9 Å². The van der Waals surface area contributed by atoms with Crippen molar-refractivity contribution in [1.29, 1.82) is 0 Å². The van der Waals surface area contributed by atoms with Crippen molar-refractivity contribution in [3.05, 3.63) is 24.0 Å². The first-order valence-corrected chi connectivity index (χ1v) is 4.79. The summed E-state index contributed by atoms with van der Waals surface area (Å²) in [7, 11) is 1.11. The molecule has 0 aliphatic carbocycles. The zero-order chi connectivity index (χ0) is 15.9. The monoisotopic (exact) mass is 307 g/mol. The van der Waals surface area contributed by atoms with Gasteiger partial charge in [0.15, 0.2) is 0 Å². The van der Waals surface area contributed by atoms with Gasteiger partial charge in [-0.2, -0.15) is 30.7 Å². The Morgan fingerprint density at radius 1 is 1.15 bits per heavy atom. The predicted octanol–water partition coefficient (Wildman–Crippen LogP) is 2.60. The van der Waals surface area contributed by atoms with Gasteiger partial charge in [-0.1, -0.05) is 5.21 Å². The van der Waals surface area contributed by atoms with Gasteiger partial charge in [-0.3, -0.25) is 4.79 Å². The van der Waals surface area contributed by atoms with Crippen LogP contribution in [0, 0.1) is 0 Å². The minimum absolute atomic E-state index is 0.766. The highest BCUT2D eigenvalue weighted by molar-refractivity contribution is 5.92. The Balaban J connectivity index is 3.16. The maximum absolute atomic E-state index is 13.0. The molecule has 0 spiro atoms. The van der Waals surface area contributed by atoms with Crippen LogP contribution >= 0.6 is 0 Å². The molecule has 1 heterocycles. The highest BCUT2D eigenvalue weighted by atomic mass is 19.4. The molecule has 0 bridgehead atoms. The zero-order valence-electron chi connectivity index (χ0n) is 9.59. The van der Waals surface area contributed by atoms with E-state index in [2.05, 4.69) is 0 Å².